The van der Waals surface area contributed by atoms with Crippen molar-refractivity contribution in [2.45, 2.75) is 34.6 Å². The lowest BCUT2D eigenvalue weighted by atomic mass is 9.80. The van der Waals surface area contributed by atoms with E-state index >= 15 is 0 Å². The summed E-state index contributed by atoms with van der Waals surface area (Å²) in [5.74, 6) is 0.458. The first-order chi connectivity index (χ1) is 3.85. The maximum absolute atomic E-state index is 10.8. The van der Waals surface area contributed by atoms with Crippen LogP contribution in [0.15, 0.2) is 0 Å². The summed E-state index contributed by atoms with van der Waals surface area (Å²) in [7, 11) is 0. The Hall–Kier alpha value is -0.330. The molecule has 0 fully saturated rings. The molecule has 0 spiro atoms. The summed E-state index contributed by atoms with van der Waals surface area (Å²) in [6.07, 6.45) is 0. The Morgan fingerprint density at radius 3 is 1.67 bits per heavy atom. The quantitative estimate of drug-likeness (QED) is 0.529. The minimum atomic E-state index is 0.131. The minimum Gasteiger partial charge on any atom is -0.300 e. The molecule has 0 rings (SSSR count). The fraction of sp³-hybridized carbons (Fsp3) is 0.875. The highest BCUT2D eigenvalue weighted by Gasteiger charge is 2.23. The molecule has 0 N–H and O–H groups in total. The maximum atomic E-state index is 10.8. The second-order valence-corrected chi connectivity index (χ2v) is 3.70. The number of rotatable bonds is 1. The molecule has 9 heavy (non-hydrogen) atoms. The highest BCUT2D eigenvalue weighted by Crippen LogP contribution is 2.25. The van der Waals surface area contributed by atoms with Crippen molar-refractivity contribution < 1.29 is 4.79 Å². The first kappa shape index (κ1) is 8.67. The number of hydrogen-bond donors (Lipinski definition) is 0. The van der Waals surface area contributed by atoms with Gasteiger partial charge in [0.1, 0.15) is 5.78 Å². The molecule has 1 nitrogen and oxygen atoms in total. The van der Waals surface area contributed by atoms with Crippen LogP contribution < -0.4 is 0 Å². The van der Waals surface area contributed by atoms with Crippen LogP contribution in [0.5, 0.6) is 0 Å². The maximum Gasteiger partial charge on any atom is 0.133 e. The third-order valence-corrected chi connectivity index (χ3v) is 1.91. The number of carbonyl (C=O) groups excluding carboxylic acids is 1. The average Bonchev–Trinajstić information content (AvgIpc) is 1.62. The van der Waals surface area contributed by atoms with Gasteiger partial charge in [-0.25, -0.2) is 0 Å². The van der Waals surface area contributed by atoms with E-state index in [0.29, 0.717) is 0 Å². The highest BCUT2D eigenvalue weighted by atomic mass is 16.1. The molecular formula is C8H16O. The zero-order valence-corrected chi connectivity index (χ0v) is 6.99. The van der Waals surface area contributed by atoms with Crippen LogP contribution >= 0.6 is 0 Å². The van der Waals surface area contributed by atoms with E-state index in [1.54, 1.807) is 6.92 Å². The van der Waals surface area contributed by atoms with Crippen LogP contribution in [0.2, 0.25) is 0 Å². The molecule has 0 heterocycles. The molecule has 0 aromatic carbocycles. The van der Waals surface area contributed by atoms with Crippen LogP contribution in [0, 0.1) is 11.3 Å². The van der Waals surface area contributed by atoms with Crippen LogP contribution in [0.3, 0.4) is 0 Å². The average molecular weight is 128 g/mol. The van der Waals surface area contributed by atoms with Gasteiger partial charge < -0.3 is 0 Å². The highest BCUT2D eigenvalue weighted by molar-refractivity contribution is 5.78. The van der Waals surface area contributed by atoms with Crippen LogP contribution in [0.1, 0.15) is 34.6 Å². The summed E-state index contributed by atoms with van der Waals surface area (Å²) in [6.45, 7) is 9.87. The SMILES string of the molecule is CC(=O)C(C)C(C)(C)C. The Kier molecular flexibility index (Phi) is 2.41. The molecule has 1 atom stereocenters. The van der Waals surface area contributed by atoms with Gasteiger partial charge in [0.2, 0.25) is 0 Å². The molecule has 0 amide bonds. The summed E-state index contributed by atoms with van der Waals surface area (Å²) in [5, 5.41) is 0. The molecule has 54 valence electrons. The number of hydrogen-bond acceptors (Lipinski definition) is 1. The van der Waals surface area contributed by atoms with Gasteiger partial charge in [0.25, 0.3) is 0 Å². The van der Waals surface area contributed by atoms with E-state index in [9.17, 15) is 4.79 Å². The van der Waals surface area contributed by atoms with Gasteiger partial charge in [-0.2, -0.15) is 0 Å². The first-order valence-electron chi connectivity index (χ1n) is 3.36. The van der Waals surface area contributed by atoms with E-state index < -0.39 is 0 Å². The van der Waals surface area contributed by atoms with Crippen LogP contribution in [0.25, 0.3) is 0 Å². The van der Waals surface area contributed by atoms with Gasteiger partial charge in [-0.15, -0.1) is 0 Å². The third kappa shape index (κ3) is 2.64. The number of carbonyl (C=O) groups is 1. The van der Waals surface area contributed by atoms with E-state index in [4.69, 9.17) is 0 Å². The van der Waals surface area contributed by atoms with E-state index in [1.165, 1.54) is 0 Å². The Labute approximate surface area is 57.5 Å². The molecule has 1 heteroatoms. The van der Waals surface area contributed by atoms with Gasteiger partial charge in [0.15, 0.2) is 0 Å². The van der Waals surface area contributed by atoms with E-state index in [2.05, 4.69) is 20.8 Å². The largest absolute Gasteiger partial charge is 0.300 e. The van der Waals surface area contributed by atoms with Crippen molar-refractivity contribution in [3.8, 4) is 0 Å². The molecule has 0 saturated carbocycles. The minimum absolute atomic E-state index is 0.131. The Bertz CT molecular complexity index is 108. The van der Waals surface area contributed by atoms with Crippen molar-refractivity contribution in [3.63, 3.8) is 0 Å². The second-order valence-electron chi connectivity index (χ2n) is 3.70. The van der Waals surface area contributed by atoms with Crippen molar-refractivity contribution >= 4 is 5.78 Å². The Morgan fingerprint density at radius 1 is 1.33 bits per heavy atom. The van der Waals surface area contributed by atoms with E-state index in [1.807, 2.05) is 6.92 Å². The van der Waals surface area contributed by atoms with E-state index in [-0.39, 0.29) is 17.1 Å². The summed E-state index contributed by atoms with van der Waals surface area (Å²) >= 11 is 0. The lowest BCUT2D eigenvalue weighted by Crippen LogP contribution is -2.23. The zero-order valence-electron chi connectivity index (χ0n) is 6.99. The smallest absolute Gasteiger partial charge is 0.133 e. The van der Waals surface area contributed by atoms with Crippen molar-refractivity contribution in [1.29, 1.82) is 0 Å². The molecule has 0 aromatic rings. The summed E-state index contributed by atoms with van der Waals surface area (Å²) in [6, 6.07) is 0. The molecule has 0 radical (unpaired) electrons. The van der Waals surface area contributed by atoms with Crippen molar-refractivity contribution in [2.75, 3.05) is 0 Å². The molecule has 0 aliphatic rings. The third-order valence-electron chi connectivity index (χ3n) is 1.91. The molecule has 0 aliphatic carbocycles. The Balaban J connectivity index is 4.04. The van der Waals surface area contributed by atoms with E-state index in [0.717, 1.165) is 0 Å². The second kappa shape index (κ2) is 2.51. The lowest BCUT2D eigenvalue weighted by Gasteiger charge is -2.24. The van der Waals surface area contributed by atoms with Crippen molar-refractivity contribution in [2.24, 2.45) is 11.3 Å². The molecular weight excluding hydrogens is 112 g/mol. The predicted octanol–water partition coefficient (Wildman–Crippen LogP) is 2.26. The van der Waals surface area contributed by atoms with Crippen molar-refractivity contribution in [3.05, 3.63) is 0 Å². The van der Waals surface area contributed by atoms with Crippen LogP contribution in [0.4, 0.5) is 0 Å². The topological polar surface area (TPSA) is 17.1 Å². The fourth-order valence-corrected chi connectivity index (χ4v) is 0.610. The monoisotopic (exact) mass is 128 g/mol. The van der Waals surface area contributed by atoms with Gasteiger partial charge in [-0.3, -0.25) is 4.79 Å². The van der Waals surface area contributed by atoms with Gasteiger partial charge in [0, 0.05) is 5.92 Å². The zero-order chi connectivity index (χ0) is 7.65. The van der Waals surface area contributed by atoms with Crippen LogP contribution in [-0.2, 0) is 4.79 Å². The number of Topliss-reactive ketones (excluding diaryl/α,β-unsaturated/α-hetero) is 1. The molecule has 0 aliphatic heterocycles. The molecule has 0 bridgehead atoms. The van der Waals surface area contributed by atoms with Crippen LogP contribution in [-0.4, -0.2) is 5.78 Å². The lowest BCUT2D eigenvalue weighted by molar-refractivity contribution is -0.123. The summed E-state index contributed by atoms with van der Waals surface area (Å²) in [4.78, 5) is 10.8. The fourth-order valence-electron chi connectivity index (χ4n) is 0.610. The normalized spacial score (nSPS) is 15.2. The molecule has 1 unspecified atom stereocenters. The number of ketones is 1. The van der Waals surface area contributed by atoms with Gasteiger partial charge in [-0.05, 0) is 12.3 Å². The molecule has 0 saturated heterocycles. The standard InChI is InChI=1S/C8H16O/c1-6(7(2)9)8(3,4)5/h6H,1-5H3. The van der Waals surface area contributed by atoms with Gasteiger partial charge in [-0.1, -0.05) is 27.7 Å². The summed E-state index contributed by atoms with van der Waals surface area (Å²) < 4.78 is 0. The first-order valence-corrected chi connectivity index (χ1v) is 3.36. The van der Waals surface area contributed by atoms with Gasteiger partial charge in [0.05, 0.1) is 0 Å². The Morgan fingerprint density at radius 2 is 1.67 bits per heavy atom. The summed E-state index contributed by atoms with van der Waals surface area (Å²) in [5.41, 5.74) is 0.131. The van der Waals surface area contributed by atoms with Gasteiger partial charge >= 0.3 is 0 Å². The predicted molar refractivity (Wildman–Crippen MR) is 39.3 cm³/mol. The van der Waals surface area contributed by atoms with Crippen molar-refractivity contribution in [1.82, 2.24) is 0 Å². The molecule has 0 aromatic heterocycles.